The number of carbonyl (C=O) groups is 1. The van der Waals surface area contributed by atoms with Gasteiger partial charge in [-0.05, 0) is 18.9 Å². The number of hydrogen-bond donors (Lipinski definition) is 0. The SMILES string of the molecule is CCc1ccc(C(=O)Cn2ccn(CC)c2=O)cc1. The average molecular weight is 258 g/mol. The van der Waals surface area contributed by atoms with Gasteiger partial charge < -0.3 is 0 Å². The average Bonchev–Trinajstić information content (AvgIpc) is 2.79. The first kappa shape index (κ1) is 13.3. The maximum absolute atomic E-state index is 12.1. The molecule has 0 unspecified atom stereocenters. The molecular formula is C15H18N2O2. The van der Waals surface area contributed by atoms with Gasteiger partial charge in [0, 0.05) is 24.5 Å². The van der Waals surface area contributed by atoms with Crippen molar-refractivity contribution in [1.29, 1.82) is 0 Å². The van der Waals surface area contributed by atoms with Crippen molar-refractivity contribution in [3.8, 4) is 0 Å². The lowest BCUT2D eigenvalue weighted by atomic mass is 10.1. The Hall–Kier alpha value is -2.10. The van der Waals surface area contributed by atoms with E-state index in [0.717, 1.165) is 6.42 Å². The number of rotatable bonds is 5. The van der Waals surface area contributed by atoms with Crippen LogP contribution in [-0.2, 0) is 19.5 Å². The zero-order valence-electron chi connectivity index (χ0n) is 11.3. The maximum Gasteiger partial charge on any atom is 0.328 e. The van der Waals surface area contributed by atoms with E-state index in [2.05, 4.69) is 6.92 Å². The minimum absolute atomic E-state index is 0.0430. The maximum atomic E-state index is 12.1. The van der Waals surface area contributed by atoms with Gasteiger partial charge in [-0.25, -0.2) is 4.79 Å². The third kappa shape index (κ3) is 2.84. The number of Topliss-reactive ketones (excluding diaryl/α,β-unsaturated/α-hetero) is 1. The molecule has 0 N–H and O–H groups in total. The highest BCUT2D eigenvalue weighted by molar-refractivity contribution is 5.95. The molecule has 0 fully saturated rings. The molecule has 0 aliphatic carbocycles. The van der Waals surface area contributed by atoms with Crippen molar-refractivity contribution in [2.24, 2.45) is 0 Å². The van der Waals surface area contributed by atoms with Gasteiger partial charge in [0.15, 0.2) is 5.78 Å². The van der Waals surface area contributed by atoms with Crippen LogP contribution in [0.1, 0.15) is 29.8 Å². The van der Waals surface area contributed by atoms with Crippen molar-refractivity contribution in [2.45, 2.75) is 33.4 Å². The highest BCUT2D eigenvalue weighted by Gasteiger charge is 2.09. The fraction of sp³-hybridized carbons (Fsp3) is 0.333. The fourth-order valence-electron chi connectivity index (χ4n) is 1.99. The van der Waals surface area contributed by atoms with Gasteiger partial charge in [0.05, 0.1) is 6.54 Å². The summed E-state index contributed by atoms with van der Waals surface area (Å²) in [6, 6.07) is 7.55. The molecule has 19 heavy (non-hydrogen) atoms. The normalized spacial score (nSPS) is 10.6. The fourth-order valence-corrected chi connectivity index (χ4v) is 1.99. The lowest BCUT2D eigenvalue weighted by Gasteiger charge is -2.03. The highest BCUT2D eigenvalue weighted by Crippen LogP contribution is 2.06. The van der Waals surface area contributed by atoms with Crippen molar-refractivity contribution in [3.05, 3.63) is 58.3 Å². The summed E-state index contributed by atoms with van der Waals surface area (Å²) in [5.74, 6) is -0.0430. The molecule has 1 heterocycles. The Bertz CT molecular complexity index is 620. The summed E-state index contributed by atoms with van der Waals surface area (Å²) in [6.45, 7) is 4.68. The minimum Gasteiger partial charge on any atom is -0.300 e. The van der Waals surface area contributed by atoms with Crippen LogP contribution in [0, 0.1) is 0 Å². The van der Waals surface area contributed by atoms with Gasteiger partial charge in [-0.1, -0.05) is 31.2 Å². The third-order valence-corrected chi connectivity index (χ3v) is 3.26. The van der Waals surface area contributed by atoms with Crippen LogP contribution in [0.4, 0.5) is 0 Å². The first-order valence-electron chi connectivity index (χ1n) is 6.53. The Morgan fingerprint density at radius 3 is 2.21 bits per heavy atom. The van der Waals surface area contributed by atoms with Gasteiger partial charge in [0.25, 0.3) is 0 Å². The molecule has 0 saturated carbocycles. The Morgan fingerprint density at radius 2 is 1.68 bits per heavy atom. The zero-order valence-corrected chi connectivity index (χ0v) is 11.3. The Morgan fingerprint density at radius 1 is 1.05 bits per heavy atom. The molecule has 0 radical (unpaired) electrons. The van der Waals surface area contributed by atoms with E-state index in [9.17, 15) is 9.59 Å². The summed E-state index contributed by atoms with van der Waals surface area (Å²) in [5, 5.41) is 0. The van der Waals surface area contributed by atoms with Crippen molar-refractivity contribution in [1.82, 2.24) is 9.13 Å². The summed E-state index contributed by atoms with van der Waals surface area (Å²) in [5.41, 5.74) is 1.71. The van der Waals surface area contributed by atoms with Crippen LogP contribution >= 0.6 is 0 Å². The molecule has 2 aromatic rings. The van der Waals surface area contributed by atoms with Gasteiger partial charge in [-0.2, -0.15) is 0 Å². The second-order valence-corrected chi connectivity index (χ2v) is 4.47. The van der Waals surface area contributed by atoms with E-state index in [0.29, 0.717) is 12.1 Å². The van der Waals surface area contributed by atoms with Crippen molar-refractivity contribution in [2.75, 3.05) is 0 Å². The summed E-state index contributed by atoms with van der Waals surface area (Å²) in [7, 11) is 0. The molecule has 2 rings (SSSR count). The molecule has 1 aromatic heterocycles. The summed E-state index contributed by atoms with van der Waals surface area (Å²) in [4.78, 5) is 23.9. The van der Waals surface area contributed by atoms with E-state index < -0.39 is 0 Å². The molecule has 0 bridgehead atoms. The van der Waals surface area contributed by atoms with Crippen molar-refractivity contribution in [3.63, 3.8) is 0 Å². The first-order chi connectivity index (χ1) is 9.15. The Kier molecular flexibility index (Phi) is 4.00. The number of aryl methyl sites for hydroxylation is 2. The van der Waals surface area contributed by atoms with Crippen molar-refractivity contribution < 1.29 is 4.79 Å². The zero-order chi connectivity index (χ0) is 13.8. The Balaban J connectivity index is 2.15. The molecule has 4 heteroatoms. The van der Waals surface area contributed by atoms with E-state index >= 15 is 0 Å². The number of nitrogens with zero attached hydrogens (tertiary/aromatic N) is 2. The van der Waals surface area contributed by atoms with E-state index in [4.69, 9.17) is 0 Å². The molecule has 100 valence electrons. The standard InChI is InChI=1S/C15H18N2O2/c1-3-12-5-7-13(8-6-12)14(18)11-17-10-9-16(4-2)15(17)19/h5-10H,3-4,11H2,1-2H3. The van der Waals surface area contributed by atoms with Crippen LogP contribution in [-0.4, -0.2) is 14.9 Å². The van der Waals surface area contributed by atoms with Crippen LogP contribution in [0.3, 0.4) is 0 Å². The van der Waals surface area contributed by atoms with Crippen LogP contribution in [0.5, 0.6) is 0 Å². The van der Waals surface area contributed by atoms with Crippen molar-refractivity contribution >= 4 is 5.78 Å². The molecule has 0 saturated heterocycles. The van der Waals surface area contributed by atoms with Crippen LogP contribution in [0.25, 0.3) is 0 Å². The van der Waals surface area contributed by atoms with E-state index in [1.165, 1.54) is 10.1 Å². The second kappa shape index (κ2) is 5.69. The van der Waals surface area contributed by atoms with Crippen LogP contribution in [0.15, 0.2) is 41.5 Å². The number of hydrogen-bond acceptors (Lipinski definition) is 2. The largest absolute Gasteiger partial charge is 0.328 e. The van der Waals surface area contributed by atoms with Gasteiger partial charge in [-0.3, -0.25) is 13.9 Å². The molecule has 0 spiro atoms. The third-order valence-electron chi connectivity index (χ3n) is 3.26. The molecule has 0 atom stereocenters. The van der Waals surface area contributed by atoms with Gasteiger partial charge in [0.1, 0.15) is 0 Å². The van der Waals surface area contributed by atoms with E-state index in [1.54, 1.807) is 17.0 Å². The molecule has 0 aliphatic heterocycles. The number of carbonyl (C=O) groups excluding carboxylic acids is 1. The lowest BCUT2D eigenvalue weighted by molar-refractivity contribution is 0.0970. The summed E-state index contributed by atoms with van der Waals surface area (Å²) in [6.07, 6.45) is 4.31. The first-order valence-corrected chi connectivity index (χ1v) is 6.53. The van der Waals surface area contributed by atoms with Crippen LogP contribution < -0.4 is 5.69 Å². The minimum atomic E-state index is -0.138. The lowest BCUT2D eigenvalue weighted by Crippen LogP contribution is -2.26. The van der Waals surface area contributed by atoms with Gasteiger partial charge >= 0.3 is 5.69 Å². The monoisotopic (exact) mass is 258 g/mol. The van der Waals surface area contributed by atoms with E-state index in [-0.39, 0.29) is 18.0 Å². The van der Waals surface area contributed by atoms with Gasteiger partial charge in [-0.15, -0.1) is 0 Å². The summed E-state index contributed by atoms with van der Waals surface area (Å²) >= 11 is 0. The topological polar surface area (TPSA) is 44.0 Å². The predicted octanol–water partition coefficient (Wildman–Crippen LogP) is 2.12. The predicted molar refractivity (Wildman–Crippen MR) is 74.5 cm³/mol. The molecule has 0 amide bonds. The smallest absolute Gasteiger partial charge is 0.300 e. The number of ketones is 1. The number of imidazole rings is 1. The summed E-state index contributed by atoms with van der Waals surface area (Å²) < 4.78 is 3.02. The molecule has 1 aromatic carbocycles. The number of benzene rings is 1. The molecule has 4 nitrogen and oxygen atoms in total. The van der Waals surface area contributed by atoms with Crippen LogP contribution in [0.2, 0.25) is 0 Å². The van der Waals surface area contributed by atoms with Gasteiger partial charge in [0.2, 0.25) is 0 Å². The molecule has 0 aliphatic rings. The number of aromatic nitrogens is 2. The van der Waals surface area contributed by atoms with E-state index in [1.807, 2.05) is 31.2 Å². The molecular weight excluding hydrogens is 240 g/mol. The quantitative estimate of drug-likeness (QED) is 0.771. The Labute approximate surface area is 112 Å². The highest BCUT2D eigenvalue weighted by atomic mass is 16.2. The second-order valence-electron chi connectivity index (χ2n) is 4.47.